The molecule has 1 saturated heterocycles. The highest BCUT2D eigenvalue weighted by Crippen LogP contribution is 2.24. The fourth-order valence-electron chi connectivity index (χ4n) is 3.12. The molecule has 0 bridgehead atoms. The second kappa shape index (κ2) is 7.96. The molecule has 3 aromatic rings. The Hall–Kier alpha value is -3.33. The Kier molecular flexibility index (Phi) is 5.22. The normalized spacial score (nSPS) is 13.4. The van der Waals surface area contributed by atoms with Crippen LogP contribution in [0.15, 0.2) is 59.9 Å². The van der Waals surface area contributed by atoms with Crippen LogP contribution in [-0.4, -0.2) is 40.8 Å². The van der Waals surface area contributed by atoms with Gasteiger partial charge >= 0.3 is 6.03 Å². The molecule has 0 atom stereocenters. The smallest absolute Gasteiger partial charge is 0.321 e. The van der Waals surface area contributed by atoms with E-state index in [1.807, 2.05) is 6.26 Å². The highest BCUT2D eigenvalue weighted by Gasteiger charge is 2.21. The van der Waals surface area contributed by atoms with E-state index in [9.17, 15) is 14.0 Å². The summed E-state index contributed by atoms with van der Waals surface area (Å²) in [6.45, 7) is 1.22. The quantitative estimate of drug-likeness (QED) is 0.630. The highest BCUT2D eigenvalue weighted by molar-refractivity contribution is 7.98. The number of carbonyl (C=O) groups is 2. The van der Waals surface area contributed by atoms with Crippen molar-refractivity contribution < 1.29 is 14.0 Å². The van der Waals surface area contributed by atoms with Crippen LogP contribution in [0.2, 0.25) is 0 Å². The number of urea groups is 1. The van der Waals surface area contributed by atoms with Crippen molar-refractivity contribution in [1.82, 2.24) is 14.9 Å². The maximum atomic E-state index is 13.3. The molecule has 148 valence electrons. The monoisotopic (exact) mass is 411 g/mol. The van der Waals surface area contributed by atoms with Crippen LogP contribution in [0.1, 0.15) is 10.5 Å². The van der Waals surface area contributed by atoms with Gasteiger partial charge in [0, 0.05) is 30.2 Å². The van der Waals surface area contributed by atoms with E-state index in [0.717, 1.165) is 5.69 Å². The number of rotatable bonds is 5. The summed E-state index contributed by atoms with van der Waals surface area (Å²) in [6, 6.07) is 12.8. The minimum absolute atomic E-state index is 0.130. The van der Waals surface area contributed by atoms with Crippen molar-refractivity contribution in [3.63, 3.8) is 0 Å². The SMILES string of the molecule is CSc1ncc(C(=O)Nc2ccc(N3CCNC3=O)cc2)n1-c1ccc(F)cc1. The Balaban J connectivity index is 1.56. The lowest BCUT2D eigenvalue weighted by molar-refractivity contribution is 0.102. The van der Waals surface area contributed by atoms with Gasteiger partial charge in [-0.15, -0.1) is 0 Å². The number of carbonyl (C=O) groups excluding carboxylic acids is 2. The van der Waals surface area contributed by atoms with Crippen LogP contribution in [0.3, 0.4) is 0 Å². The van der Waals surface area contributed by atoms with E-state index in [-0.39, 0.29) is 17.8 Å². The first kappa shape index (κ1) is 19.0. The van der Waals surface area contributed by atoms with Gasteiger partial charge in [0.1, 0.15) is 11.5 Å². The van der Waals surface area contributed by atoms with E-state index in [2.05, 4.69) is 15.6 Å². The summed E-state index contributed by atoms with van der Waals surface area (Å²) >= 11 is 1.39. The molecule has 9 heteroatoms. The minimum Gasteiger partial charge on any atom is -0.336 e. The lowest BCUT2D eigenvalue weighted by atomic mass is 10.2. The van der Waals surface area contributed by atoms with Gasteiger partial charge in [0.15, 0.2) is 5.16 Å². The van der Waals surface area contributed by atoms with Gasteiger partial charge in [0.25, 0.3) is 5.91 Å². The Morgan fingerprint density at radius 3 is 2.45 bits per heavy atom. The number of thioether (sulfide) groups is 1. The van der Waals surface area contributed by atoms with E-state index in [1.165, 1.54) is 30.1 Å². The van der Waals surface area contributed by atoms with Crippen molar-refractivity contribution >= 4 is 35.1 Å². The maximum Gasteiger partial charge on any atom is 0.321 e. The number of anilines is 2. The molecule has 0 unspecified atom stereocenters. The standard InChI is InChI=1S/C20H18FN5O2S/c1-29-20-23-12-17(26(20)16-6-2-13(21)3-7-16)18(27)24-14-4-8-15(9-5-14)25-11-10-22-19(25)28/h2-9,12H,10-11H2,1H3,(H,22,28)(H,24,27). The fourth-order valence-corrected chi connectivity index (χ4v) is 3.66. The Morgan fingerprint density at radius 1 is 1.14 bits per heavy atom. The van der Waals surface area contributed by atoms with Gasteiger partial charge in [-0.3, -0.25) is 14.3 Å². The number of hydrogen-bond acceptors (Lipinski definition) is 4. The lowest BCUT2D eigenvalue weighted by Gasteiger charge is -2.15. The van der Waals surface area contributed by atoms with Gasteiger partial charge in [0.2, 0.25) is 0 Å². The third-order valence-corrected chi connectivity index (χ3v) is 5.18. The Labute approximate surface area is 170 Å². The number of aromatic nitrogens is 2. The van der Waals surface area contributed by atoms with Gasteiger partial charge < -0.3 is 10.6 Å². The van der Waals surface area contributed by atoms with Crippen molar-refractivity contribution in [3.8, 4) is 5.69 Å². The molecule has 2 N–H and O–H groups in total. The average Bonchev–Trinajstić information content (AvgIpc) is 3.35. The number of hydrogen-bond donors (Lipinski definition) is 2. The van der Waals surface area contributed by atoms with Crippen LogP contribution < -0.4 is 15.5 Å². The first-order chi connectivity index (χ1) is 14.1. The summed E-state index contributed by atoms with van der Waals surface area (Å²) < 4.78 is 15.0. The largest absolute Gasteiger partial charge is 0.336 e. The van der Waals surface area contributed by atoms with Crippen LogP contribution in [0.4, 0.5) is 20.6 Å². The van der Waals surface area contributed by atoms with E-state index in [1.54, 1.807) is 45.9 Å². The molecule has 4 rings (SSSR count). The zero-order chi connectivity index (χ0) is 20.4. The number of nitrogens with zero attached hydrogens (tertiary/aromatic N) is 3. The molecule has 3 amide bonds. The molecule has 1 aliphatic heterocycles. The molecular formula is C20H18FN5O2S. The molecular weight excluding hydrogens is 393 g/mol. The van der Waals surface area contributed by atoms with E-state index in [0.29, 0.717) is 35.3 Å². The van der Waals surface area contributed by atoms with Crippen molar-refractivity contribution in [2.75, 3.05) is 29.6 Å². The Morgan fingerprint density at radius 2 is 1.83 bits per heavy atom. The number of benzene rings is 2. The van der Waals surface area contributed by atoms with Gasteiger partial charge in [-0.1, -0.05) is 11.8 Å². The molecule has 1 aliphatic rings. The van der Waals surface area contributed by atoms with Crippen LogP contribution in [0, 0.1) is 5.82 Å². The van der Waals surface area contributed by atoms with Crippen LogP contribution in [-0.2, 0) is 0 Å². The van der Waals surface area contributed by atoms with Crippen LogP contribution in [0.25, 0.3) is 5.69 Å². The average molecular weight is 411 g/mol. The molecule has 1 aromatic heterocycles. The molecule has 0 radical (unpaired) electrons. The molecule has 2 heterocycles. The molecule has 0 saturated carbocycles. The van der Waals surface area contributed by atoms with E-state index < -0.39 is 0 Å². The van der Waals surface area contributed by atoms with Crippen molar-refractivity contribution in [1.29, 1.82) is 0 Å². The van der Waals surface area contributed by atoms with Gasteiger partial charge in [-0.2, -0.15) is 0 Å². The first-order valence-corrected chi connectivity index (χ1v) is 10.1. The van der Waals surface area contributed by atoms with Crippen molar-refractivity contribution in [2.24, 2.45) is 0 Å². The highest BCUT2D eigenvalue weighted by atomic mass is 32.2. The first-order valence-electron chi connectivity index (χ1n) is 8.91. The van der Waals surface area contributed by atoms with Gasteiger partial charge in [-0.05, 0) is 54.8 Å². The topological polar surface area (TPSA) is 79.3 Å². The predicted octanol–water partition coefficient (Wildman–Crippen LogP) is 3.52. The summed E-state index contributed by atoms with van der Waals surface area (Å²) in [5, 5.41) is 6.22. The molecule has 29 heavy (non-hydrogen) atoms. The zero-order valence-electron chi connectivity index (χ0n) is 15.6. The van der Waals surface area contributed by atoms with Crippen LogP contribution in [0.5, 0.6) is 0 Å². The fraction of sp³-hybridized carbons (Fsp3) is 0.150. The number of halogens is 1. The van der Waals surface area contributed by atoms with Crippen molar-refractivity contribution in [2.45, 2.75) is 5.16 Å². The number of amides is 3. The van der Waals surface area contributed by atoms with E-state index >= 15 is 0 Å². The third-order valence-electron chi connectivity index (χ3n) is 4.52. The molecule has 2 aromatic carbocycles. The van der Waals surface area contributed by atoms with Gasteiger partial charge in [-0.25, -0.2) is 14.2 Å². The third kappa shape index (κ3) is 3.81. The van der Waals surface area contributed by atoms with Crippen LogP contribution >= 0.6 is 11.8 Å². The molecule has 0 aliphatic carbocycles. The molecule has 0 spiro atoms. The minimum atomic E-state index is -0.350. The van der Waals surface area contributed by atoms with Gasteiger partial charge in [0.05, 0.1) is 6.20 Å². The number of imidazole rings is 1. The summed E-state index contributed by atoms with van der Waals surface area (Å²) in [7, 11) is 0. The summed E-state index contributed by atoms with van der Waals surface area (Å²) in [6.07, 6.45) is 3.35. The molecule has 7 nitrogen and oxygen atoms in total. The van der Waals surface area contributed by atoms with E-state index in [4.69, 9.17) is 0 Å². The molecule has 1 fully saturated rings. The lowest BCUT2D eigenvalue weighted by Crippen LogP contribution is -2.27. The summed E-state index contributed by atoms with van der Waals surface area (Å²) in [5.41, 5.74) is 2.34. The summed E-state index contributed by atoms with van der Waals surface area (Å²) in [5.74, 6) is -0.689. The number of nitrogens with one attached hydrogen (secondary N) is 2. The Bertz CT molecular complexity index is 1050. The summed E-state index contributed by atoms with van der Waals surface area (Å²) in [4.78, 5) is 30.6. The maximum absolute atomic E-state index is 13.3. The second-order valence-electron chi connectivity index (χ2n) is 6.33. The van der Waals surface area contributed by atoms with Crippen molar-refractivity contribution in [3.05, 3.63) is 66.2 Å². The predicted molar refractivity (Wildman–Crippen MR) is 110 cm³/mol. The second-order valence-corrected chi connectivity index (χ2v) is 7.10. The zero-order valence-corrected chi connectivity index (χ0v) is 16.4.